The molecule has 4 nitrogen and oxygen atoms in total. The van der Waals surface area contributed by atoms with E-state index in [2.05, 4.69) is 0 Å². The molecule has 1 heterocycles. The highest BCUT2D eigenvalue weighted by Gasteiger charge is 2.41. The van der Waals surface area contributed by atoms with Crippen LogP contribution in [0.15, 0.2) is 36.4 Å². The van der Waals surface area contributed by atoms with Gasteiger partial charge in [-0.15, -0.1) is 0 Å². The third kappa shape index (κ3) is 2.88. The zero-order chi connectivity index (χ0) is 17.9. The van der Waals surface area contributed by atoms with Gasteiger partial charge in [0, 0.05) is 18.3 Å². The van der Waals surface area contributed by atoms with Crippen LogP contribution in [-0.4, -0.2) is 21.4 Å². The predicted molar refractivity (Wildman–Crippen MR) is 94.5 cm³/mol. The number of carboxylic acid groups (broad SMARTS) is 1. The number of aromatic nitrogens is 1. The fourth-order valence-electron chi connectivity index (χ4n) is 3.55. The highest BCUT2D eigenvalue weighted by Crippen LogP contribution is 2.36. The largest absolute Gasteiger partial charge is 0.481 e. The molecule has 1 N–H and O–H groups in total. The molecule has 0 radical (unpaired) electrons. The summed E-state index contributed by atoms with van der Waals surface area (Å²) >= 11 is 0. The Hall–Kier alpha value is -2.36. The Kier molecular flexibility index (Phi) is 5.27. The molecule has 0 bridgehead atoms. The third-order valence-corrected chi connectivity index (χ3v) is 4.85. The molecule has 0 aliphatic heterocycles. The number of ketones is 1. The average Bonchev–Trinajstić information content (AvgIpc) is 2.87. The van der Waals surface area contributed by atoms with Crippen molar-refractivity contribution >= 4 is 11.8 Å². The molecule has 0 amide bonds. The average molecular weight is 327 g/mol. The Labute approximate surface area is 143 Å². The van der Waals surface area contributed by atoms with Crippen molar-refractivity contribution in [2.45, 2.75) is 45.4 Å². The zero-order valence-corrected chi connectivity index (χ0v) is 14.8. The van der Waals surface area contributed by atoms with Crippen molar-refractivity contribution < 1.29 is 14.7 Å². The lowest BCUT2D eigenvalue weighted by Gasteiger charge is -2.29. The van der Waals surface area contributed by atoms with Crippen LogP contribution < -0.4 is 0 Å². The Balaban J connectivity index is 2.60. The van der Waals surface area contributed by atoms with Gasteiger partial charge in [-0.05, 0) is 31.4 Å². The number of benzene rings is 1. The maximum absolute atomic E-state index is 12.9. The molecule has 128 valence electrons. The Morgan fingerprint density at radius 1 is 1.17 bits per heavy atom. The smallest absolute Gasteiger partial charge is 0.315 e. The molecule has 0 aliphatic carbocycles. The fourth-order valence-corrected chi connectivity index (χ4v) is 3.55. The Morgan fingerprint density at radius 2 is 1.79 bits per heavy atom. The number of aliphatic carboxylic acids is 1. The summed E-state index contributed by atoms with van der Waals surface area (Å²) in [5.74, 6) is -0.903. The zero-order valence-electron chi connectivity index (χ0n) is 14.8. The highest BCUT2D eigenvalue weighted by atomic mass is 16.4. The van der Waals surface area contributed by atoms with Crippen molar-refractivity contribution in [2.75, 3.05) is 0 Å². The quantitative estimate of drug-likeness (QED) is 0.779. The molecule has 4 heteroatoms. The van der Waals surface area contributed by atoms with E-state index in [-0.39, 0.29) is 5.78 Å². The molecule has 1 aromatic heterocycles. The first-order chi connectivity index (χ1) is 11.4. The predicted octanol–water partition coefficient (Wildman–Crippen LogP) is 4.10. The van der Waals surface area contributed by atoms with Crippen LogP contribution in [0.25, 0.3) is 0 Å². The van der Waals surface area contributed by atoms with Crippen LogP contribution in [-0.2, 0) is 17.3 Å². The van der Waals surface area contributed by atoms with E-state index in [1.165, 1.54) is 0 Å². The molecule has 0 spiro atoms. The topological polar surface area (TPSA) is 59.3 Å². The molecule has 0 saturated carbocycles. The maximum Gasteiger partial charge on any atom is 0.315 e. The van der Waals surface area contributed by atoms with Crippen LogP contribution in [0.4, 0.5) is 0 Å². The summed E-state index contributed by atoms with van der Waals surface area (Å²) in [6, 6.07) is 11.0. The van der Waals surface area contributed by atoms with E-state index in [4.69, 9.17) is 0 Å². The van der Waals surface area contributed by atoms with E-state index < -0.39 is 11.4 Å². The molecule has 0 aliphatic rings. The number of rotatable bonds is 7. The minimum absolute atomic E-state index is 0.0752. The van der Waals surface area contributed by atoms with Gasteiger partial charge in [0.25, 0.3) is 0 Å². The van der Waals surface area contributed by atoms with Gasteiger partial charge in [-0.2, -0.15) is 0 Å². The normalized spacial score (nSPS) is 13.5. The van der Waals surface area contributed by atoms with Crippen LogP contribution >= 0.6 is 0 Å². The maximum atomic E-state index is 12.9. The van der Waals surface area contributed by atoms with Gasteiger partial charge in [-0.25, -0.2) is 0 Å². The standard InChI is InChI=1S/C20H25NO3/c1-5-12-20(6-2,19(23)24)16-13-14(3)17(21(16)4)18(22)15-10-8-7-9-11-15/h7-11,13H,5-6,12H2,1-4H3,(H,23,24). The van der Waals surface area contributed by atoms with Crippen LogP contribution in [0, 0.1) is 6.92 Å². The second-order valence-corrected chi connectivity index (χ2v) is 6.31. The summed E-state index contributed by atoms with van der Waals surface area (Å²) in [6.07, 6.45) is 1.81. The van der Waals surface area contributed by atoms with E-state index in [0.29, 0.717) is 29.8 Å². The van der Waals surface area contributed by atoms with Crippen molar-refractivity contribution in [1.29, 1.82) is 0 Å². The van der Waals surface area contributed by atoms with Gasteiger partial charge in [-0.1, -0.05) is 50.6 Å². The van der Waals surface area contributed by atoms with Gasteiger partial charge < -0.3 is 9.67 Å². The second kappa shape index (κ2) is 7.04. The lowest BCUT2D eigenvalue weighted by atomic mass is 9.77. The first-order valence-corrected chi connectivity index (χ1v) is 8.39. The number of hydrogen-bond donors (Lipinski definition) is 1. The third-order valence-electron chi connectivity index (χ3n) is 4.85. The van der Waals surface area contributed by atoms with Crippen molar-refractivity contribution in [3.05, 3.63) is 58.9 Å². The number of nitrogens with zero attached hydrogens (tertiary/aromatic N) is 1. The van der Waals surface area contributed by atoms with Crippen LogP contribution in [0.5, 0.6) is 0 Å². The summed E-state index contributed by atoms with van der Waals surface area (Å²) in [6.45, 7) is 5.75. The number of carbonyl (C=O) groups excluding carboxylic acids is 1. The molecule has 24 heavy (non-hydrogen) atoms. The monoisotopic (exact) mass is 327 g/mol. The van der Waals surface area contributed by atoms with Gasteiger partial charge in [0.2, 0.25) is 5.78 Å². The minimum atomic E-state index is -0.955. The fraction of sp³-hybridized carbons (Fsp3) is 0.400. The van der Waals surface area contributed by atoms with Gasteiger partial charge in [0.1, 0.15) is 5.41 Å². The lowest BCUT2D eigenvalue weighted by molar-refractivity contribution is -0.144. The molecule has 0 saturated heterocycles. The van der Waals surface area contributed by atoms with Crippen molar-refractivity contribution in [1.82, 2.24) is 4.57 Å². The second-order valence-electron chi connectivity index (χ2n) is 6.31. The summed E-state index contributed by atoms with van der Waals surface area (Å²) < 4.78 is 1.78. The number of carboxylic acids is 1. The summed E-state index contributed by atoms with van der Waals surface area (Å²) in [4.78, 5) is 24.9. The summed E-state index contributed by atoms with van der Waals surface area (Å²) in [5.41, 5.74) is 1.74. The van der Waals surface area contributed by atoms with Gasteiger partial charge in [0.05, 0.1) is 5.69 Å². The summed E-state index contributed by atoms with van der Waals surface area (Å²) in [7, 11) is 1.79. The molecule has 1 unspecified atom stereocenters. The summed E-state index contributed by atoms with van der Waals surface area (Å²) in [5, 5.41) is 9.89. The molecule has 2 aromatic rings. The van der Waals surface area contributed by atoms with Gasteiger partial charge in [-0.3, -0.25) is 9.59 Å². The Morgan fingerprint density at radius 3 is 2.29 bits per heavy atom. The number of hydrogen-bond acceptors (Lipinski definition) is 2. The molecule has 1 atom stereocenters. The molecular weight excluding hydrogens is 302 g/mol. The van der Waals surface area contributed by atoms with E-state index in [1.54, 1.807) is 23.7 Å². The van der Waals surface area contributed by atoms with Crippen molar-refractivity contribution in [3.8, 4) is 0 Å². The van der Waals surface area contributed by atoms with E-state index in [0.717, 1.165) is 12.0 Å². The van der Waals surface area contributed by atoms with Crippen LogP contribution in [0.1, 0.15) is 60.4 Å². The molecule has 2 rings (SSSR count). The minimum Gasteiger partial charge on any atom is -0.481 e. The SMILES string of the molecule is CCCC(CC)(C(=O)O)c1cc(C)c(C(=O)c2ccccc2)n1C. The van der Waals surface area contributed by atoms with Gasteiger partial charge in [0.15, 0.2) is 0 Å². The first kappa shape index (κ1) is 18.0. The van der Waals surface area contributed by atoms with Crippen LogP contribution in [0.2, 0.25) is 0 Å². The van der Waals surface area contributed by atoms with Crippen molar-refractivity contribution in [3.63, 3.8) is 0 Å². The van der Waals surface area contributed by atoms with E-state index in [1.807, 2.05) is 45.0 Å². The molecule has 1 aromatic carbocycles. The van der Waals surface area contributed by atoms with Crippen LogP contribution in [0.3, 0.4) is 0 Å². The lowest BCUT2D eigenvalue weighted by Crippen LogP contribution is -2.37. The Bertz CT molecular complexity index is 746. The van der Waals surface area contributed by atoms with Gasteiger partial charge >= 0.3 is 5.97 Å². The van der Waals surface area contributed by atoms with Crippen molar-refractivity contribution in [2.24, 2.45) is 7.05 Å². The highest BCUT2D eigenvalue weighted by molar-refractivity contribution is 6.09. The van der Waals surface area contributed by atoms with E-state index in [9.17, 15) is 14.7 Å². The molecule has 0 fully saturated rings. The number of carbonyl (C=O) groups is 2. The number of aryl methyl sites for hydroxylation is 1. The van der Waals surface area contributed by atoms with E-state index >= 15 is 0 Å². The molecular formula is C20H25NO3. The first-order valence-electron chi connectivity index (χ1n) is 8.39.